The molecule has 1 aromatic rings. The van der Waals surface area contributed by atoms with Gasteiger partial charge >= 0.3 is 0 Å². The molecule has 3 nitrogen and oxygen atoms in total. The molecular weight excluding hydrogens is 246 g/mol. The molecule has 1 aromatic carbocycles. The number of hydrogen-bond donors (Lipinski definition) is 1. The molecule has 0 aliphatic rings. The molecule has 4 heteroatoms. The lowest BCUT2D eigenvalue weighted by Crippen LogP contribution is -2.25. The van der Waals surface area contributed by atoms with Crippen LogP contribution < -0.4 is 5.32 Å². The topological polar surface area (TPSA) is 46.2 Å². The van der Waals surface area contributed by atoms with Gasteiger partial charge in [-0.15, -0.1) is 0 Å². The third-order valence-electron chi connectivity index (χ3n) is 2.95. The van der Waals surface area contributed by atoms with Gasteiger partial charge in [0.15, 0.2) is 0 Å². The first-order valence-electron chi connectivity index (χ1n) is 6.43. The first-order valence-corrected chi connectivity index (χ1v) is 8.49. The average Bonchev–Trinajstić information content (AvgIpc) is 2.33. The van der Waals surface area contributed by atoms with Gasteiger partial charge in [-0.3, -0.25) is 0 Å². The Labute approximate surface area is 111 Å². The highest BCUT2D eigenvalue weighted by molar-refractivity contribution is 7.90. The van der Waals surface area contributed by atoms with E-state index in [-0.39, 0.29) is 5.75 Å². The van der Waals surface area contributed by atoms with Gasteiger partial charge in [0.25, 0.3) is 0 Å². The first kappa shape index (κ1) is 15.2. The largest absolute Gasteiger partial charge is 0.317 e. The zero-order chi connectivity index (χ0) is 13.4. The lowest BCUT2D eigenvalue weighted by atomic mass is 9.97. The third-order valence-corrected chi connectivity index (χ3v) is 3.92. The van der Waals surface area contributed by atoms with Gasteiger partial charge in [-0.05, 0) is 37.4 Å². The maximum absolute atomic E-state index is 11.2. The molecule has 18 heavy (non-hydrogen) atoms. The lowest BCUT2D eigenvalue weighted by molar-refractivity contribution is 0.465. The van der Waals surface area contributed by atoms with Gasteiger partial charge < -0.3 is 5.32 Å². The van der Waals surface area contributed by atoms with Crippen LogP contribution in [0, 0.1) is 5.92 Å². The molecule has 0 saturated carbocycles. The molecule has 0 fully saturated rings. The monoisotopic (exact) mass is 269 g/mol. The molecule has 1 atom stereocenters. The van der Waals surface area contributed by atoms with Crippen LogP contribution in [-0.2, 0) is 16.3 Å². The van der Waals surface area contributed by atoms with Crippen LogP contribution in [0.4, 0.5) is 0 Å². The number of sulfone groups is 1. The van der Waals surface area contributed by atoms with Crippen LogP contribution in [0.25, 0.3) is 0 Å². The molecule has 0 aliphatic carbocycles. The summed E-state index contributed by atoms with van der Waals surface area (Å²) >= 11 is 0. The molecule has 0 heterocycles. The summed E-state index contributed by atoms with van der Waals surface area (Å²) in [5.41, 5.74) is 1.27. The standard InChI is InChI=1S/C14H23NO2S/c1-3-15-12-14(9-10-18(2,16)17)11-13-7-5-4-6-8-13/h4-8,14-15H,3,9-12H2,1-2H3. The summed E-state index contributed by atoms with van der Waals surface area (Å²) in [7, 11) is -2.86. The Morgan fingerprint density at radius 2 is 1.89 bits per heavy atom. The SMILES string of the molecule is CCNCC(CCS(C)(=O)=O)Cc1ccccc1. The molecule has 1 N–H and O–H groups in total. The molecule has 0 amide bonds. The summed E-state index contributed by atoms with van der Waals surface area (Å²) in [6.07, 6.45) is 2.96. The smallest absolute Gasteiger partial charge is 0.147 e. The number of nitrogens with one attached hydrogen (secondary N) is 1. The van der Waals surface area contributed by atoms with Crippen LogP contribution in [-0.4, -0.2) is 33.5 Å². The van der Waals surface area contributed by atoms with Crippen molar-refractivity contribution in [2.45, 2.75) is 19.8 Å². The van der Waals surface area contributed by atoms with Gasteiger partial charge in [-0.1, -0.05) is 37.3 Å². The van der Waals surface area contributed by atoms with E-state index in [0.717, 1.165) is 25.9 Å². The van der Waals surface area contributed by atoms with E-state index in [9.17, 15) is 8.42 Å². The third kappa shape index (κ3) is 6.77. The fraction of sp³-hybridized carbons (Fsp3) is 0.571. The van der Waals surface area contributed by atoms with Gasteiger partial charge in [0.1, 0.15) is 9.84 Å². The van der Waals surface area contributed by atoms with E-state index in [1.807, 2.05) is 18.2 Å². The van der Waals surface area contributed by atoms with Gasteiger partial charge in [0, 0.05) is 6.26 Å². The summed E-state index contributed by atoms with van der Waals surface area (Å²) in [6.45, 7) is 3.86. The second-order valence-corrected chi connectivity index (χ2v) is 7.04. The van der Waals surface area contributed by atoms with Crippen LogP contribution in [0.2, 0.25) is 0 Å². The predicted octanol–water partition coefficient (Wildman–Crippen LogP) is 1.89. The van der Waals surface area contributed by atoms with E-state index in [4.69, 9.17) is 0 Å². The number of hydrogen-bond acceptors (Lipinski definition) is 3. The van der Waals surface area contributed by atoms with Gasteiger partial charge in [-0.2, -0.15) is 0 Å². The minimum Gasteiger partial charge on any atom is -0.317 e. The zero-order valence-corrected chi connectivity index (χ0v) is 12.0. The predicted molar refractivity (Wildman–Crippen MR) is 76.5 cm³/mol. The van der Waals surface area contributed by atoms with Gasteiger partial charge in [0.2, 0.25) is 0 Å². The zero-order valence-electron chi connectivity index (χ0n) is 11.2. The molecule has 1 unspecified atom stereocenters. The van der Waals surface area contributed by atoms with Crippen molar-refractivity contribution in [2.24, 2.45) is 5.92 Å². The van der Waals surface area contributed by atoms with Gasteiger partial charge in [-0.25, -0.2) is 8.42 Å². The Bertz CT molecular complexity index is 428. The molecule has 0 saturated heterocycles. The second-order valence-electron chi connectivity index (χ2n) is 4.78. The summed E-state index contributed by atoms with van der Waals surface area (Å²) < 4.78 is 22.5. The van der Waals surface area contributed by atoms with E-state index in [1.165, 1.54) is 11.8 Å². The summed E-state index contributed by atoms with van der Waals surface area (Å²) in [5, 5.41) is 3.31. The first-order chi connectivity index (χ1) is 8.51. The Kier molecular flexibility index (Phi) is 6.36. The van der Waals surface area contributed by atoms with Crippen molar-refractivity contribution in [2.75, 3.05) is 25.1 Å². The summed E-state index contributed by atoms with van der Waals surface area (Å²) in [5.74, 6) is 0.651. The quantitative estimate of drug-likeness (QED) is 0.784. The lowest BCUT2D eigenvalue weighted by Gasteiger charge is -2.17. The van der Waals surface area contributed by atoms with Crippen LogP contribution in [0.1, 0.15) is 18.9 Å². The minimum atomic E-state index is -2.86. The van der Waals surface area contributed by atoms with Crippen molar-refractivity contribution in [1.82, 2.24) is 5.32 Å². The Balaban J connectivity index is 2.55. The van der Waals surface area contributed by atoms with E-state index in [2.05, 4.69) is 24.4 Å². The highest BCUT2D eigenvalue weighted by Gasteiger charge is 2.12. The van der Waals surface area contributed by atoms with Gasteiger partial charge in [0.05, 0.1) is 5.75 Å². The molecule has 0 radical (unpaired) electrons. The van der Waals surface area contributed by atoms with Crippen LogP contribution in [0.5, 0.6) is 0 Å². The molecule has 0 bridgehead atoms. The van der Waals surface area contributed by atoms with E-state index in [1.54, 1.807) is 0 Å². The second kappa shape index (κ2) is 7.54. The van der Waals surface area contributed by atoms with Crippen molar-refractivity contribution >= 4 is 9.84 Å². The van der Waals surface area contributed by atoms with Crippen LogP contribution in [0.15, 0.2) is 30.3 Å². The number of rotatable bonds is 8. The molecule has 0 aliphatic heterocycles. The van der Waals surface area contributed by atoms with E-state index in [0.29, 0.717) is 5.92 Å². The Morgan fingerprint density at radius 3 is 2.44 bits per heavy atom. The molecule has 1 rings (SSSR count). The molecule has 0 spiro atoms. The highest BCUT2D eigenvalue weighted by Crippen LogP contribution is 2.12. The normalized spacial score (nSPS) is 13.4. The summed E-state index contributed by atoms with van der Waals surface area (Å²) in [6, 6.07) is 10.2. The van der Waals surface area contributed by atoms with Crippen LogP contribution >= 0.6 is 0 Å². The van der Waals surface area contributed by atoms with Crippen molar-refractivity contribution in [3.63, 3.8) is 0 Å². The maximum Gasteiger partial charge on any atom is 0.147 e. The fourth-order valence-corrected chi connectivity index (χ4v) is 2.71. The van der Waals surface area contributed by atoms with Crippen molar-refractivity contribution < 1.29 is 8.42 Å². The molecular formula is C14H23NO2S. The molecule has 0 aromatic heterocycles. The number of benzene rings is 1. The Hall–Kier alpha value is -0.870. The minimum absolute atomic E-state index is 0.274. The molecule has 102 valence electrons. The highest BCUT2D eigenvalue weighted by atomic mass is 32.2. The van der Waals surface area contributed by atoms with Crippen molar-refractivity contribution in [3.05, 3.63) is 35.9 Å². The van der Waals surface area contributed by atoms with Crippen molar-refractivity contribution in [1.29, 1.82) is 0 Å². The van der Waals surface area contributed by atoms with E-state index < -0.39 is 9.84 Å². The van der Waals surface area contributed by atoms with Crippen LogP contribution in [0.3, 0.4) is 0 Å². The fourth-order valence-electron chi connectivity index (χ4n) is 1.95. The Morgan fingerprint density at radius 1 is 1.22 bits per heavy atom. The van der Waals surface area contributed by atoms with Crippen molar-refractivity contribution in [3.8, 4) is 0 Å². The van der Waals surface area contributed by atoms with E-state index >= 15 is 0 Å². The summed E-state index contributed by atoms with van der Waals surface area (Å²) in [4.78, 5) is 0. The maximum atomic E-state index is 11.2. The average molecular weight is 269 g/mol.